The number of aryl methyl sites for hydroxylation is 1. The van der Waals surface area contributed by atoms with Gasteiger partial charge in [-0.2, -0.15) is 0 Å². The molecule has 3 nitrogen and oxygen atoms in total. The molecule has 2 atom stereocenters. The number of hydrogen-bond acceptors (Lipinski definition) is 2. The molecule has 17 heavy (non-hydrogen) atoms. The largest absolute Gasteiger partial charge is 0.370 e. The van der Waals surface area contributed by atoms with Crippen LogP contribution >= 0.6 is 0 Å². The van der Waals surface area contributed by atoms with Gasteiger partial charge in [0.15, 0.2) is 0 Å². The molecule has 1 aromatic carbocycles. The van der Waals surface area contributed by atoms with Gasteiger partial charge in [0.1, 0.15) is 0 Å². The highest BCUT2D eigenvalue weighted by Gasteiger charge is 2.11. The Labute approximate surface area is 103 Å². The Morgan fingerprint density at radius 2 is 1.88 bits per heavy atom. The fourth-order valence-corrected chi connectivity index (χ4v) is 1.93. The maximum atomic E-state index is 10.8. The van der Waals surface area contributed by atoms with E-state index in [9.17, 15) is 4.79 Å². The number of amides is 1. The zero-order valence-electron chi connectivity index (χ0n) is 10.9. The topological polar surface area (TPSA) is 55.1 Å². The summed E-state index contributed by atoms with van der Waals surface area (Å²) < 4.78 is 0. The summed E-state index contributed by atoms with van der Waals surface area (Å²) in [5, 5.41) is 3.36. The van der Waals surface area contributed by atoms with Crippen LogP contribution in [0.25, 0.3) is 0 Å². The molecule has 94 valence electrons. The second-order valence-electron chi connectivity index (χ2n) is 4.55. The van der Waals surface area contributed by atoms with E-state index < -0.39 is 0 Å². The number of primary amides is 1. The molecule has 1 rings (SSSR count). The first kappa shape index (κ1) is 13.7. The van der Waals surface area contributed by atoms with Crippen LogP contribution in [0.3, 0.4) is 0 Å². The Morgan fingerprint density at radius 3 is 2.35 bits per heavy atom. The van der Waals surface area contributed by atoms with E-state index in [1.807, 2.05) is 6.92 Å². The summed E-state index contributed by atoms with van der Waals surface area (Å²) in [6.45, 7) is 6.21. The van der Waals surface area contributed by atoms with Crippen molar-refractivity contribution in [3.8, 4) is 0 Å². The lowest BCUT2D eigenvalue weighted by Crippen LogP contribution is -2.32. The van der Waals surface area contributed by atoms with Gasteiger partial charge in [-0.1, -0.05) is 31.2 Å². The van der Waals surface area contributed by atoms with Gasteiger partial charge in [-0.05, 0) is 31.4 Å². The van der Waals surface area contributed by atoms with Gasteiger partial charge >= 0.3 is 0 Å². The molecule has 0 heterocycles. The highest BCUT2D eigenvalue weighted by molar-refractivity contribution is 5.74. The lowest BCUT2D eigenvalue weighted by molar-refractivity contribution is -0.118. The predicted molar refractivity (Wildman–Crippen MR) is 70.6 cm³/mol. The lowest BCUT2D eigenvalue weighted by Gasteiger charge is -2.19. The number of benzene rings is 1. The van der Waals surface area contributed by atoms with E-state index in [1.54, 1.807) is 0 Å². The fraction of sp³-hybridized carbons (Fsp3) is 0.500. The van der Waals surface area contributed by atoms with Crippen LogP contribution in [0.4, 0.5) is 0 Å². The van der Waals surface area contributed by atoms with E-state index in [1.165, 1.54) is 11.1 Å². The molecule has 1 amide bonds. The monoisotopic (exact) mass is 234 g/mol. The van der Waals surface area contributed by atoms with Crippen molar-refractivity contribution < 1.29 is 4.79 Å². The van der Waals surface area contributed by atoms with Gasteiger partial charge in [-0.15, -0.1) is 0 Å². The third kappa shape index (κ3) is 4.57. The molecule has 0 fully saturated rings. The zero-order valence-corrected chi connectivity index (χ0v) is 10.9. The minimum atomic E-state index is -0.265. The SMILES string of the molecule is CCc1ccc([C@H](C)N[C@@H](C)CC(N)=O)cc1. The summed E-state index contributed by atoms with van der Waals surface area (Å²) in [6, 6.07) is 8.89. The van der Waals surface area contributed by atoms with Crippen LogP contribution in [0.15, 0.2) is 24.3 Å². The molecule has 3 heteroatoms. The summed E-state index contributed by atoms with van der Waals surface area (Å²) in [4.78, 5) is 10.8. The van der Waals surface area contributed by atoms with E-state index >= 15 is 0 Å². The molecule has 1 aromatic rings. The molecule has 0 saturated heterocycles. The summed E-state index contributed by atoms with van der Waals surface area (Å²) in [5.74, 6) is -0.265. The third-order valence-electron chi connectivity index (χ3n) is 2.93. The Morgan fingerprint density at radius 1 is 1.29 bits per heavy atom. The first-order valence-corrected chi connectivity index (χ1v) is 6.16. The van der Waals surface area contributed by atoms with Crippen molar-refractivity contribution in [3.63, 3.8) is 0 Å². The number of rotatable bonds is 6. The highest BCUT2D eigenvalue weighted by Crippen LogP contribution is 2.14. The number of nitrogens with two attached hydrogens (primary N) is 1. The maximum absolute atomic E-state index is 10.8. The summed E-state index contributed by atoms with van der Waals surface area (Å²) >= 11 is 0. The molecule has 3 N–H and O–H groups in total. The number of carbonyl (C=O) groups is 1. The van der Waals surface area contributed by atoms with Crippen LogP contribution in [-0.4, -0.2) is 11.9 Å². The molecule has 0 unspecified atom stereocenters. The second-order valence-corrected chi connectivity index (χ2v) is 4.55. The van der Waals surface area contributed by atoms with Crippen molar-refractivity contribution in [1.82, 2.24) is 5.32 Å². The molecule has 0 radical (unpaired) electrons. The molecular formula is C14H22N2O. The van der Waals surface area contributed by atoms with E-state index in [-0.39, 0.29) is 18.0 Å². The zero-order chi connectivity index (χ0) is 12.8. The van der Waals surface area contributed by atoms with Gasteiger partial charge in [0.05, 0.1) is 0 Å². The van der Waals surface area contributed by atoms with Crippen molar-refractivity contribution >= 4 is 5.91 Å². The van der Waals surface area contributed by atoms with Crippen LogP contribution in [0.2, 0.25) is 0 Å². The van der Waals surface area contributed by atoms with Crippen molar-refractivity contribution in [2.24, 2.45) is 5.73 Å². The van der Waals surface area contributed by atoms with Crippen molar-refractivity contribution in [3.05, 3.63) is 35.4 Å². The summed E-state index contributed by atoms with van der Waals surface area (Å²) in [6.07, 6.45) is 1.43. The van der Waals surface area contributed by atoms with Gasteiger partial charge < -0.3 is 11.1 Å². The smallest absolute Gasteiger partial charge is 0.218 e. The highest BCUT2D eigenvalue weighted by atomic mass is 16.1. The van der Waals surface area contributed by atoms with Gasteiger partial charge in [0.25, 0.3) is 0 Å². The van der Waals surface area contributed by atoms with Gasteiger partial charge in [0, 0.05) is 18.5 Å². The quantitative estimate of drug-likeness (QED) is 0.792. The molecular weight excluding hydrogens is 212 g/mol. The maximum Gasteiger partial charge on any atom is 0.218 e. The molecule has 0 saturated carbocycles. The fourth-order valence-electron chi connectivity index (χ4n) is 1.93. The molecule has 0 aliphatic carbocycles. The number of carbonyl (C=O) groups excluding carboxylic acids is 1. The van der Waals surface area contributed by atoms with Crippen LogP contribution < -0.4 is 11.1 Å². The van der Waals surface area contributed by atoms with E-state index in [2.05, 4.69) is 43.4 Å². The standard InChI is InChI=1S/C14H22N2O/c1-4-12-5-7-13(8-6-12)11(3)16-10(2)9-14(15)17/h5-8,10-11,16H,4,9H2,1-3H3,(H2,15,17)/t10-,11-/m0/s1. The first-order chi connectivity index (χ1) is 8.02. The van der Waals surface area contributed by atoms with Gasteiger partial charge in [0.2, 0.25) is 5.91 Å². The van der Waals surface area contributed by atoms with E-state index in [4.69, 9.17) is 5.73 Å². The lowest BCUT2D eigenvalue weighted by atomic mass is 10.0. The van der Waals surface area contributed by atoms with E-state index in [0.29, 0.717) is 6.42 Å². The van der Waals surface area contributed by atoms with Crippen molar-refractivity contribution in [1.29, 1.82) is 0 Å². The minimum absolute atomic E-state index is 0.105. The Hall–Kier alpha value is -1.35. The van der Waals surface area contributed by atoms with Gasteiger partial charge in [-0.25, -0.2) is 0 Å². The minimum Gasteiger partial charge on any atom is -0.370 e. The van der Waals surface area contributed by atoms with Crippen molar-refractivity contribution in [2.45, 2.75) is 45.7 Å². The molecule has 0 spiro atoms. The molecule has 0 aromatic heterocycles. The average Bonchev–Trinajstić information content (AvgIpc) is 2.28. The summed E-state index contributed by atoms with van der Waals surface area (Å²) in [7, 11) is 0. The van der Waals surface area contributed by atoms with Gasteiger partial charge in [-0.3, -0.25) is 4.79 Å². The average molecular weight is 234 g/mol. The normalized spacial score (nSPS) is 14.3. The van der Waals surface area contributed by atoms with Crippen LogP contribution in [0.1, 0.15) is 44.4 Å². The molecule has 0 aliphatic heterocycles. The number of nitrogens with one attached hydrogen (secondary N) is 1. The first-order valence-electron chi connectivity index (χ1n) is 6.16. The molecule has 0 aliphatic rings. The summed E-state index contributed by atoms with van der Waals surface area (Å²) in [5.41, 5.74) is 7.74. The van der Waals surface area contributed by atoms with Crippen molar-refractivity contribution in [2.75, 3.05) is 0 Å². The Balaban J connectivity index is 2.56. The van der Waals surface area contributed by atoms with E-state index in [0.717, 1.165) is 6.42 Å². The van der Waals surface area contributed by atoms with Crippen LogP contribution in [0.5, 0.6) is 0 Å². The predicted octanol–water partition coefficient (Wildman–Crippen LogP) is 2.16. The third-order valence-corrected chi connectivity index (χ3v) is 2.93. The molecule has 0 bridgehead atoms. The second kappa shape index (κ2) is 6.40. The number of hydrogen-bond donors (Lipinski definition) is 2. The van der Waals surface area contributed by atoms with Crippen LogP contribution in [0, 0.1) is 0 Å². The Kier molecular flexibility index (Phi) is 5.16. The van der Waals surface area contributed by atoms with Crippen LogP contribution in [-0.2, 0) is 11.2 Å². The Bertz CT molecular complexity index is 359.